The van der Waals surface area contributed by atoms with Gasteiger partial charge in [-0.1, -0.05) is 42.0 Å². The van der Waals surface area contributed by atoms with Crippen LogP contribution in [0.2, 0.25) is 5.02 Å². The molecule has 0 spiro atoms. The van der Waals surface area contributed by atoms with Gasteiger partial charge in [0, 0.05) is 17.1 Å². The van der Waals surface area contributed by atoms with E-state index in [4.69, 9.17) is 11.6 Å². The van der Waals surface area contributed by atoms with Gasteiger partial charge in [0.2, 0.25) is 11.8 Å². The lowest BCUT2D eigenvalue weighted by atomic mass is 9.80. The van der Waals surface area contributed by atoms with Crippen LogP contribution in [0.5, 0.6) is 0 Å². The number of nitrogens with one attached hydrogen (secondary N) is 2. The highest BCUT2D eigenvalue weighted by Crippen LogP contribution is 2.32. The Hall–Kier alpha value is -3.12. The molecule has 1 saturated heterocycles. The molecule has 0 unspecified atom stereocenters. The van der Waals surface area contributed by atoms with Crippen LogP contribution in [-0.4, -0.2) is 17.7 Å². The third-order valence-electron chi connectivity index (χ3n) is 5.24. The van der Waals surface area contributed by atoms with Crippen molar-refractivity contribution in [2.75, 3.05) is 5.01 Å². The summed E-state index contributed by atoms with van der Waals surface area (Å²) in [6.45, 7) is 0.332. The fourth-order valence-electron chi connectivity index (χ4n) is 3.70. The number of carbonyl (C=O) groups excluding carboxylic acids is 3. The Balaban J connectivity index is 1.49. The van der Waals surface area contributed by atoms with Crippen molar-refractivity contribution >= 4 is 35.0 Å². The highest BCUT2D eigenvalue weighted by molar-refractivity contribution is 6.30. The lowest BCUT2D eigenvalue weighted by Crippen LogP contribution is -2.59. The summed E-state index contributed by atoms with van der Waals surface area (Å²) in [5.74, 6) is -1.30. The average molecular weight is 410 g/mol. The second kappa shape index (κ2) is 8.09. The molecule has 6 nitrogen and oxygen atoms in total. The van der Waals surface area contributed by atoms with Crippen molar-refractivity contribution in [2.24, 2.45) is 11.8 Å². The minimum absolute atomic E-state index is 0.157. The van der Waals surface area contributed by atoms with Crippen LogP contribution >= 0.6 is 11.6 Å². The largest absolute Gasteiger partial charge is 0.348 e. The summed E-state index contributed by atoms with van der Waals surface area (Å²) in [5.41, 5.74) is 4.43. The first-order valence-corrected chi connectivity index (χ1v) is 9.83. The second-order valence-corrected chi connectivity index (χ2v) is 7.60. The summed E-state index contributed by atoms with van der Waals surface area (Å²) >= 11 is 5.97. The molecule has 148 valence electrons. The van der Waals surface area contributed by atoms with Gasteiger partial charge in [-0.15, -0.1) is 0 Å². The van der Waals surface area contributed by atoms with Gasteiger partial charge >= 0.3 is 0 Å². The first kappa shape index (κ1) is 19.2. The molecular formula is C22H20ClN3O3. The van der Waals surface area contributed by atoms with E-state index in [0.717, 1.165) is 5.56 Å². The third kappa shape index (κ3) is 4.03. The van der Waals surface area contributed by atoms with Gasteiger partial charge in [-0.3, -0.25) is 19.8 Å². The van der Waals surface area contributed by atoms with Gasteiger partial charge in [-0.05, 0) is 48.7 Å². The van der Waals surface area contributed by atoms with Gasteiger partial charge < -0.3 is 5.32 Å². The Kier molecular flexibility index (Phi) is 5.36. The van der Waals surface area contributed by atoms with Crippen LogP contribution in [0.4, 0.5) is 5.69 Å². The molecule has 1 fully saturated rings. The first-order chi connectivity index (χ1) is 14.0. The van der Waals surface area contributed by atoms with E-state index in [2.05, 4.69) is 10.7 Å². The highest BCUT2D eigenvalue weighted by atomic mass is 35.5. The number of nitrogens with zero attached hydrogens (tertiary/aromatic N) is 1. The third-order valence-corrected chi connectivity index (χ3v) is 5.47. The number of carbonyl (C=O) groups is 3. The summed E-state index contributed by atoms with van der Waals surface area (Å²) < 4.78 is 0. The van der Waals surface area contributed by atoms with Crippen LogP contribution in [0.3, 0.4) is 0 Å². The molecule has 0 radical (unpaired) electrons. The van der Waals surface area contributed by atoms with Gasteiger partial charge in [0.05, 0.1) is 17.5 Å². The molecule has 4 rings (SSSR count). The second-order valence-electron chi connectivity index (χ2n) is 7.17. The minimum atomic E-state index is -0.367. The molecule has 0 saturated carbocycles. The Bertz CT molecular complexity index is 1000. The van der Waals surface area contributed by atoms with Crippen LogP contribution in [0.25, 0.3) is 0 Å². The van der Waals surface area contributed by atoms with Crippen molar-refractivity contribution in [3.8, 4) is 0 Å². The molecule has 2 atom stereocenters. The molecule has 1 heterocycles. The number of fused-ring (bicyclic) bond motifs is 1. The molecule has 2 aromatic rings. The maximum atomic E-state index is 12.9. The van der Waals surface area contributed by atoms with Gasteiger partial charge in [0.1, 0.15) is 0 Å². The smallest absolute Gasteiger partial charge is 0.251 e. The Morgan fingerprint density at radius 1 is 1.07 bits per heavy atom. The zero-order chi connectivity index (χ0) is 20.4. The molecule has 1 aliphatic carbocycles. The summed E-state index contributed by atoms with van der Waals surface area (Å²) in [7, 11) is 0. The van der Waals surface area contributed by atoms with Crippen LogP contribution < -0.4 is 15.8 Å². The van der Waals surface area contributed by atoms with E-state index < -0.39 is 0 Å². The molecule has 7 heteroatoms. The van der Waals surface area contributed by atoms with E-state index in [1.807, 2.05) is 24.3 Å². The quantitative estimate of drug-likeness (QED) is 0.761. The van der Waals surface area contributed by atoms with Crippen molar-refractivity contribution in [2.45, 2.75) is 19.4 Å². The molecule has 1 aliphatic heterocycles. The molecule has 29 heavy (non-hydrogen) atoms. The van der Waals surface area contributed by atoms with E-state index in [-0.39, 0.29) is 29.6 Å². The maximum absolute atomic E-state index is 12.9. The zero-order valence-corrected chi connectivity index (χ0v) is 16.4. The Labute approximate surface area is 173 Å². The predicted molar refractivity (Wildman–Crippen MR) is 110 cm³/mol. The summed E-state index contributed by atoms with van der Waals surface area (Å²) in [6.07, 6.45) is 5.00. The lowest BCUT2D eigenvalue weighted by Gasteiger charge is -2.38. The molecular weight excluding hydrogens is 390 g/mol. The maximum Gasteiger partial charge on any atom is 0.251 e. The summed E-state index contributed by atoms with van der Waals surface area (Å²) in [4.78, 5) is 37.9. The van der Waals surface area contributed by atoms with E-state index >= 15 is 0 Å². The molecule has 2 N–H and O–H groups in total. The number of rotatable bonds is 4. The number of hydrogen-bond donors (Lipinski definition) is 2. The van der Waals surface area contributed by atoms with E-state index in [9.17, 15) is 14.4 Å². The van der Waals surface area contributed by atoms with E-state index in [0.29, 0.717) is 35.7 Å². The molecule has 2 aliphatic rings. The number of hydrogen-bond acceptors (Lipinski definition) is 3. The van der Waals surface area contributed by atoms with Crippen molar-refractivity contribution < 1.29 is 14.4 Å². The van der Waals surface area contributed by atoms with Crippen molar-refractivity contribution in [3.05, 3.63) is 76.8 Å². The average Bonchev–Trinajstić information content (AvgIpc) is 2.75. The fraction of sp³-hybridized carbons (Fsp3) is 0.227. The summed E-state index contributed by atoms with van der Waals surface area (Å²) in [6, 6.07) is 13.9. The summed E-state index contributed by atoms with van der Waals surface area (Å²) in [5, 5.41) is 4.71. The van der Waals surface area contributed by atoms with E-state index in [1.54, 1.807) is 36.4 Å². The highest BCUT2D eigenvalue weighted by Gasteiger charge is 2.42. The Morgan fingerprint density at radius 3 is 2.62 bits per heavy atom. The number of anilines is 1. The monoisotopic (exact) mass is 409 g/mol. The van der Waals surface area contributed by atoms with Crippen LogP contribution in [0.15, 0.2) is 60.7 Å². The van der Waals surface area contributed by atoms with Gasteiger partial charge in [0.15, 0.2) is 0 Å². The number of amides is 3. The molecule has 0 aromatic heterocycles. The first-order valence-electron chi connectivity index (χ1n) is 9.45. The van der Waals surface area contributed by atoms with Crippen LogP contribution in [-0.2, 0) is 16.1 Å². The Morgan fingerprint density at radius 2 is 1.83 bits per heavy atom. The van der Waals surface area contributed by atoms with Crippen molar-refractivity contribution in [3.63, 3.8) is 0 Å². The number of halogens is 1. The molecule has 0 bridgehead atoms. The number of benzene rings is 2. The molecule has 2 aromatic carbocycles. The SMILES string of the molecule is O=C(NCc1cccc(Cl)c1)c1cccc(N2NC(=O)[C@H]3CC=CC[C@@H]3C2=O)c1. The number of allylic oxidation sites excluding steroid dienone is 2. The zero-order valence-electron chi connectivity index (χ0n) is 15.6. The van der Waals surface area contributed by atoms with Crippen molar-refractivity contribution in [1.82, 2.24) is 10.7 Å². The van der Waals surface area contributed by atoms with Gasteiger partial charge in [0.25, 0.3) is 5.91 Å². The minimum Gasteiger partial charge on any atom is -0.348 e. The lowest BCUT2D eigenvalue weighted by molar-refractivity contribution is -0.139. The van der Waals surface area contributed by atoms with Crippen LogP contribution in [0, 0.1) is 11.8 Å². The van der Waals surface area contributed by atoms with Crippen LogP contribution in [0.1, 0.15) is 28.8 Å². The van der Waals surface area contributed by atoms with E-state index in [1.165, 1.54) is 5.01 Å². The number of hydrazine groups is 1. The fourth-order valence-corrected chi connectivity index (χ4v) is 3.91. The van der Waals surface area contributed by atoms with Gasteiger partial charge in [-0.2, -0.15) is 0 Å². The van der Waals surface area contributed by atoms with Gasteiger partial charge in [-0.25, -0.2) is 5.01 Å². The molecule has 3 amide bonds. The standard InChI is InChI=1S/C22H20ClN3O3/c23-16-7-3-5-14(11-16)13-24-20(27)15-6-4-8-17(12-15)26-22(29)19-10-2-1-9-18(19)21(28)25-26/h1-8,11-12,18-19H,9-10,13H2,(H,24,27)(H,25,28)/t18-,19-/m0/s1. The van der Waals surface area contributed by atoms with Crippen molar-refractivity contribution in [1.29, 1.82) is 0 Å². The topological polar surface area (TPSA) is 78.5 Å². The predicted octanol–water partition coefficient (Wildman–Crippen LogP) is 3.23. The normalized spacial score (nSPS) is 20.8.